The van der Waals surface area contributed by atoms with Crippen LogP contribution in [0.1, 0.15) is 44.1 Å². The van der Waals surface area contributed by atoms with Gasteiger partial charge in [-0.3, -0.25) is 4.79 Å². The van der Waals surface area contributed by atoms with E-state index in [1.54, 1.807) is 28.0 Å². The number of carbonyl (C=O) groups excluding carboxylic acids is 2. The molecule has 8 heteroatoms. The van der Waals surface area contributed by atoms with Crippen molar-refractivity contribution in [3.63, 3.8) is 0 Å². The van der Waals surface area contributed by atoms with Crippen LogP contribution < -0.4 is 0 Å². The van der Waals surface area contributed by atoms with Crippen LogP contribution in [0, 0.1) is 0 Å². The molecule has 1 aromatic carbocycles. The number of nitrogens with zero attached hydrogens (tertiary/aromatic N) is 2. The number of piperazine rings is 1. The van der Waals surface area contributed by atoms with Gasteiger partial charge in [0.15, 0.2) is 0 Å². The molecule has 2 aliphatic heterocycles. The number of halogens is 1. The summed E-state index contributed by atoms with van der Waals surface area (Å²) < 4.78 is 10.7. The van der Waals surface area contributed by atoms with Crippen molar-refractivity contribution in [3.8, 4) is 0 Å². The Morgan fingerprint density at radius 2 is 1.87 bits per heavy atom. The Balaban J connectivity index is 1.70. The Morgan fingerprint density at radius 1 is 1.20 bits per heavy atom. The van der Waals surface area contributed by atoms with E-state index in [-0.39, 0.29) is 12.0 Å². The molecule has 3 rings (SSSR count). The summed E-state index contributed by atoms with van der Waals surface area (Å²) in [5, 5.41) is 11.9. The Kier molecular flexibility index (Phi) is 7.97. The first-order chi connectivity index (χ1) is 14.4. The molecule has 1 aromatic rings. The second-order valence-corrected chi connectivity index (χ2v) is 8.42. The van der Waals surface area contributed by atoms with Crippen LogP contribution in [0.4, 0.5) is 4.79 Å². The lowest BCUT2D eigenvalue weighted by Crippen LogP contribution is -2.55. The van der Waals surface area contributed by atoms with E-state index in [0.717, 1.165) is 12.8 Å². The van der Waals surface area contributed by atoms with Gasteiger partial charge in [0.1, 0.15) is 0 Å². The van der Waals surface area contributed by atoms with Gasteiger partial charge in [-0.15, -0.1) is 0 Å². The molecule has 1 unspecified atom stereocenters. The zero-order chi connectivity index (χ0) is 21.6. The van der Waals surface area contributed by atoms with Gasteiger partial charge in [-0.1, -0.05) is 37.1 Å². The SMILES string of the molecule is CCCCOC(=O)N1CCN(C(=O)C(c2cccc(Cl)c2)C2(O)CCOCC2)CC1. The molecule has 0 aromatic heterocycles. The van der Waals surface area contributed by atoms with Gasteiger partial charge >= 0.3 is 6.09 Å². The fourth-order valence-electron chi connectivity index (χ4n) is 4.07. The van der Waals surface area contributed by atoms with Crippen molar-refractivity contribution in [1.29, 1.82) is 0 Å². The summed E-state index contributed by atoms with van der Waals surface area (Å²) in [5.74, 6) is -0.858. The number of hydrogen-bond donors (Lipinski definition) is 1. The average molecular weight is 439 g/mol. The summed E-state index contributed by atoms with van der Waals surface area (Å²) in [4.78, 5) is 29.1. The number of aliphatic hydroxyl groups is 1. The standard InChI is InChI=1S/C22H31ClN2O5/c1-2-3-13-30-21(27)25-11-9-24(10-12-25)20(26)19(17-5-4-6-18(23)16-17)22(28)7-14-29-15-8-22/h4-6,16,19,28H,2-3,7-15H2,1H3. The second kappa shape index (κ2) is 10.5. The molecule has 2 aliphatic rings. The maximum Gasteiger partial charge on any atom is 0.409 e. The molecular weight excluding hydrogens is 408 g/mol. The zero-order valence-electron chi connectivity index (χ0n) is 17.5. The minimum atomic E-state index is -1.18. The largest absolute Gasteiger partial charge is 0.449 e. The summed E-state index contributed by atoms with van der Waals surface area (Å²) in [7, 11) is 0. The highest BCUT2D eigenvalue weighted by Crippen LogP contribution is 2.38. The van der Waals surface area contributed by atoms with Gasteiger partial charge in [0.2, 0.25) is 5.91 Å². The van der Waals surface area contributed by atoms with E-state index in [4.69, 9.17) is 21.1 Å². The molecule has 1 atom stereocenters. The molecule has 2 saturated heterocycles. The van der Waals surface area contributed by atoms with Crippen LogP contribution in [0.15, 0.2) is 24.3 Å². The van der Waals surface area contributed by atoms with Crippen LogP contribution in [0.5, 0.6) is 0 Å². The van der Waals surface area contributed by atoms with Gasteiger partial charge in [0.25, 0.3) is 0 Å². The van der Waals surface area contributed by atoms with Crippen LogP contribution in [0.3, 0.4) is 0 Å². The van der Waals surface area contributed by atoms with Crippen LogP contribution in [0.2, 0.25) is 5.02 Å². The molecule has 0 saturated carbocycles. The van der Waals surface area contributed by atoms with Crippen molar-refractivity contribution in [2.75, 3.05) is 46.0 Å². The predicted octanol–water partition coefficient (Wildman–Crippen LogP) is 3.05. The van der Waals surface area contributed by atoms with Crippen molar-refractivity contribution in [2.24, 2.45) is 0 Å². The second-order valence-electron chi connectivity index (χ2n) is 7.98. The lowest BCUT2D eigenvalue weighted by molar-refractivity contribution is -0.147. The van der Waals surface area contributed by atoms with Gasteiger partial charge in [0, 0.05) is 57.3 Å². The van der Waals surface area contributed by atoms with E-state index in [1.165, 1.54) is 0 Å². The lowest BCUT2D eigenvalue weighted by Gasteiger charge is -2.42. The third-order valence-electron chi connectivity index (χ3n) is 5.90. The normalized spacial score (nSPS) is 20.0. The van der Waals surface area contributed by atoms with Gasteiger partial charge in [0.05, 0.1) is 18.1 Å². The van der Waals surface area contributed by atoms with Crippen molar-refractivity contribution < 1.29 is 24.2 Å². The first-order valence-electron chi connectivity index (χ1n) is 10.7. The van der Waals surface area contributed by atoms with Crippen LogP contribution in [0.25, 0.3) is 0 Å². The highest BCUT2D eigenvalue weighted by Gasteiger charge is 2.45. The number of amides is 2. The highest BCUT2D eigenvalue weighted by atomic mass is 35.5. The number of unbranched alkanes of at least 4 members (excludes halogenated alkanes) is 1. The molecule has 166 valence electrons. The summed E-state index contributed by atoms with van der Waals surface area (Å²) >= 11 is 6.18. The molecule has 0 spiro atoms. The third kappa shape index (κ3) is 5.45. The molecule has 2 heterocycles. The molecule has 2 fully saturated rings. The average Bonchev–Trinajstić information content (AvgIpc) is 2.74. The fraction of sp³-hybridized carbons (Fsp3) is 0.636. The maximum absolute atomic E-state index is 13.5. The number of rotatable bonds is 6. The van der Waals surface area contributed by atoms with E-state index in [0.29, 0.717) is 69.4 Å². The number of carbonyl (C=O) groups is 2. The molecule has 0 aliphatic carbocycles. The third-order valence-corrected chi connectivity index (χ3v) is 6.13. The van der Waals surface area contributed by atoms with Gasteiger partial charge in [-0.05, 0) is 24.1 Å². The van der Waals surface area contributed by atoms with Crippen molar-refractivity contribution >= 4 is 23.6 Å². The lowest BCUT2D eigenvalue weighted by atomic mass is 9.76. The smallest absolute Gasteiger partial charge is 0.409 e. The summed E-state index contributed by atoms with van der Waals surface area (Å²) in [6.07, 6.45) is 2.26. The van der Waals surface area contributed by atoms with Crippen LogP contribution >= 0.6 is 11.6 Å². The van der Waals surface area contributed by atoms with E-state index in [2.05, 4.69) is 0 Å². The monoisotopic (exact) mass is 438 g/mol. The Bertz CT molecular complexity index is 730. The van der Waals surface area contributed by atoms with Crippen LogP contribution in [-0.4, -0.2) is 78.5 Å². The van der Waals surface area contributed by atoms with Gasteiger partial charge in [-0.25, -0.2) is 4.79 Å². The van der Waals surface area contributed by atoms with Gasteiger partial charge in [-0.2, -0.15) is 0 Å². The van der Waals surface area contributed by atoms with Crippen LogP contribution in [-0.2, 0) is 14.3 Å². The summed E-state index contributed by atoms with van der Waals surface area (Å²) in [6.45, 7) is 4.94. The van der Waals surface area contributed by atoms with Crippen molar-refractivity contribution in [1.82, 2.24) is 9.80 Å². The highest BCUT2D eigenvalue weighted by molar-refractivity contribution is 6.30. The zero-order valence-corrected chi connectivity index (χ0v) is 18.3. The molecular formula is C22H31ClN2O5. The molecule has 7 nitrogen and oxygen atoms in total. The first-order valence-corrected chi connectivity index (χ1v) is 11.1. The molecule has 1 N–H and O–H groups in total. The Labute approximate surface area is 182 Å². The molecule has 2 amide bonds. The van der Waals surface area contributed by atoms with Gasteiger partial charge < -0.3 is 24.4 Å². The van der Waals surface area contributed by atoms with E-state index >= 15 is 0 Å². The van der Waals surface area contributed by atoms with Crippen molar-refractivity contribution in [3.05, 3.63) is 34.9 Å². The maximum atomic E-state index is 13.5. The number of ether oxygens (including phenoxy) is 2. The quantitative estimate of drug-likeness (QED) is 0.690. The summed E-state index contributed by atoms with van der Waals surface area (Å²) in [5.41, 5.74) is -0.478. The minimum Gasteiger partial charge on any atom is -0.449 e. The molecule has 0 radical (unpaired) electrons. The molecule has 30 heavy (non-hydrogen) atoms. The minimum absolute atomic E-state index is 0.138. The number of benzene rings is 1. The number of hydrogen-bond acceptors (Lipinski definition) is 5. The molecule has 0 bridgehead atoms. The topological polar surface area (TPSA) is 79.3 Å². The summed E-state index contributed by atoms with van der Waals surface area (Å²) in [6, 6.07) is 7.14. The Hall–Kier alpha value is -1.83. The van der Waals surface area contributed by atoms with E-state index in [9.17, 15) is 14.7 Å². The Morgan fingerprint density at radius 3 is 2.50 bits per heavy atom. The van der Waals surface area contributed by atoms with Crippen molar-refractivity contribution in [2.45, 2.75) is 44.1 Å². The first kappa shape index (κ1) is 22.8. The fourth-order valence-corrected chi connectivity index (χ4v) is 4.27. The van der Waals surface area contributed by atoms with E-state index < -0.39 is 11.5 Å². The van der Waals surface area contributed by atoms with E-state index in [1.807, 2.05) is 13.0 Å². The predicted molar refractivity (Wildman–Crippen MR) is 114 cm³/mol.